The fourth-order valence-corrected chi connectivity index (χ4v) is 1.93. The van der Waals surface area contributed by atoms with Crippen LogP contribution >= 0.6 is 12.4 Å². The van der Waals surface area contributed by atoms with Crippen LogP contribution in [0.3, 0.4) is 0 Å². The van der Waals surface area contributed by atoms with Crippen LogP contribution in [0.15, 0.2) is 24.4 Å². The molecule has 0 aliphatic carbocycles. The van der Waals surface area contributed by atoms with Gasteiger partial charge in [0.1, 0.15) is 11.8 Å². The SMILES string of the molecule is COC(=O)C(N)Cc1c[nH]c2cc(OC)ccc12.Cl. The molecule has 0 bridgehead atoms. The van der Waals surface area contributed by atoms with Gasteiger partial charge in [-0.25, -0.2) is 0 Å². The monoisotopic (exact) mass is 284 g/mol. The highest BCUT2D eigenvalue weighted by Gasteiger charge is 2.16. The maximum Gasteiger partial charge on any atom is 0.322 e. The van der Waals surface area contributed by atoms with Crippen LogP contribution in [0.25, 0.3) is 10.9 Å². The van der Waals surface area contributed by atoms with E-state index in [1.165, 1.54) is 7.11 Å². The summed E-state index contributed by atoms with van der Waals surface area (Å²) >= 11 is 0. The first-order valence-electron chi connectivity index (χ1n) is 5.63. The summed E-state index contributed by atoms with van der Waals surface area (Å²) in [4.78, 5) is 14.4. The van der Waals surface area contributed by atoms with Crippen molar-refractivity contribution < 1.29 is 14.3 Å². The molecule has 104 valence electrons. The summed E-state index contributed by atoms with van der Waals surface area (Å²) in [6, 6.07) is 5.09. The number of nitrogens with one attached hydrogen (secondary N) is 1. The molecule has 2 rings (SSSR count). The lowest BCUT2D eigenvalue weighted by atomic mass is 10.1. The van der Waals surface area contributed by atoms with Crippen molar-refractivity contribution in [3.05, 3.63) is 30.0 Å². The first kappa shape index (κ1) is 15.3. The van der Waals surface area contributed by atoms with E-state index in [1.54, 1.807) is 7.11 Å². The van der Waals surface area contributed by atoms with Crippen molar-refractivity contribution in [1.82, 2.24) is 4.98 Å². The number of benzene rings is 1. The molecule has 1 atom stereocenters. The number of carbonyl (C=O) groups is 1. The summed E-state index contributed by atoms with van der Waals surface area (Å²) in [6.45, 7) is 0. The minimum absolute atomic E-state index is 0. The van der Waals surface area contributed by atoms with Gasteiger partial charge < -0.3 is 20.2 Å². The van der Waals surface area contributed by atoms with Gasteiger partial charge in [0, 0.05) is 29.6 Å². The maximum absolute atomic E-state index is 11.3. The first-order valence-corrected chi connectivity index (χ1v) is 5.63. The van der Waals surface area contributed by atoms with Gasteiger partial charge in [-0.2, -0.15) is 0 Å². The summed E-state index contributed by atoms with van der Waals surface area (Å²) in [7, 11) is 2.96. The van der Waals surface area contributed by atoms with Crippen molar-refractivity contribution >= 4 is 29.3 Å². The standard InChI is InChI=1S/C13H16N2O3.ClH/c1-17-9-3-4-10-8(7-15-12(10)6-9)5-11(14)13(16)18-2;/h3-4,6-7,11,15H,5,14H2,1-2H3;1H. The Kier molecular flexibility index (Phi) is 5.20. The molecule has 1 heterocycles. The zero-order valence-corrected chi connectivity index (χ0v) is 11.6. The van der Waals surface area contributed by atoms with E-state index in [4.69, 9.17) is 10.5 Å². The van der Waals surface area contributed by atoms with Gasteiger partial charge in [-0.05, 0) is 17.7 Å². The van der Waals surface area contributed by atoms with Gasteiger partial charge in [0.15, 0.2) is 0 Å². The van der Waals surface area contributed by atoms with Gasteiger partial charge in [-0.3, -0.25) is 4.79 Å². The second kappa shape index (κ2) is 6.45. The maximum atomic E-state index is 11.3. The highest BCUT2D eigenvalue weighted by molar-refractivity contribution is 5.86. The Bertz CT molecular complexity index is 568. The minimum atomic E-state index is -0.642. The van der Waals surface area contributed by atoms with Gasteiger partial charge in [-0.1, -0.05) is 0 Å². The molecular formula is C13H17ClN2O3. The average molecular weight is 285 g/mol. The van der Waals surface area contributed by atoms with E-state index in [1.807, 2.05) is 24.4 Å². The van der Waals surface area contributed by atoms with Gasteiger partial charge in [-0.15, -0.1) is 12.4 Å². The van der Waals surface area contributed by atoms with Crippen LogP contribution in [-0.4, -0.2) is 31.2 Å². The molecule has 3 N–H and O–H groups in total. The number of aromatic amines is 1. The molecular weight excluding hydrogens is 268 g/mol. The molecule has 6 heteroatoms. The van der Waals surface area contributed by atoms with Crippen molar-refractivity contribution in [2.24, 2.45) is 5.73 Å². The number of hydrogen-bond donors (Lipinski definition) is 2. The van der Waals surface area contributed by atoms with Gasteiger partial charge in [0.05, 0.1) is 14.2 Å². The molecule has 0 amide bonds. The Hall–Kier alpha value is -1.72. The number of methoxy groups -OCH3 is 2. The van der Waals surface area contributed by atoms with Crippen LogP contribution < -0.4 is 10.5 Å². The molecule has 1 aromatic heterocycles. The normalized spacial score (nSPS) is 11.7. The second-order valence-electron chi connectivity index (χ2n) is 4.06. The number of hydrogen-bond acceptors (Lipinski definition) is 4. The summed E-state index contributed by atoms with van der Waals surface area (Å²) in [5.41, 5.74) is 7.70. The van der Waals surface area contributed by atoms with Crippen LogP contribution in [0.2, 0.25) is 0 Å². The third kappa shape index (κ3) is 3.19. The van der Waals surface area contributed by atoms with Crippen molar-refractivity contribution in [3.8, 4) is 5.75 Å². The van der Waals surface area contributed by atoms with E-state index in [2.05, 4.69) is 9.72 Å². The molecule has 0 fully saturated rings. The van der Waals surface area contributed by atoms with E-state index in [-0.39, 0.29) is 12.4 Å². The van der Waals surface area contributed by atoms with Crippen LogP contribution in [0.1, 0.15) is 5.56 Å². The minimum Gasteiger partial charge on any atom is -0.497 e. The smallest absolute Gasteiger partial charge is 0.322 e. The highest BCUT2D eigenvalue weighted by atomic mass is 35.5. The Labute approximate surface area is 117 Å². The lowest BCUT2D eigenvalue weighted by Gasteiger charge is -2.08. The number of ether oxygens (including phenoxy) is 2. The number of carbonyl (C=O) groups excluding carboxylic acids is 1. The number of aromatic nitrogens is 1. The summed E-state index contributed by atoms with van der Waals surface area (Å²) in [5.74, 6) is 0.381. The largest absolute Gasteiger partial charge is 0.497 e. The van der Waals surface area contributed by atoms with Crippen LogP contribution in [-0.2, 0) is 16.0 Å². The number of halogens is 1. The van der Waals surface area contributed by atoms with E-state index in [0.717, 1.165) is 22.2 Å². The molecule has 0 saturated carbocycles. The van der Waals surface area contributed by atoms with Gasteiger partial charge >= 0.3 is 5.97 Å². The van der Waals surface area contributed by atoms with E-state index < -0.39 is 12.0 Å². The van der Waals surface area contributed by atoms with Crippen molar-refractivity contribution in [3.63, 3.8) is 0 Å². The molecule has 1 aromatic carbocycles. The Morgan fingerprint density at radius 1 is 1.42 bits per heavy atom. The summed E-state index contributed by atoms with van der Waals surface area (Å²) in [5, 5.41) is 1.04. The number of fused-ring (bicyclic) bond motifs is 1. The predicted molar refractivity (Wildman–Crippen MR) is 75.8 cm³/mol. The first-order chi connectivity index (χ1) is 8.65. The lowest BCUT2D eigenvalue weighted by molar-refractivity contribution is -0.142. The third-order valence-electron chi connectivity index (χ3n) is 2.92. The third-order valence-corrected chi connectivity index (χ3v) is 2.92. The average Bonchev–Trinajstić information content (AvgIpc) is 2.80. The Balaban J connectivity index is 0.00000180. The Morgan fingerprint density at radius 2 is 2.16 bits per heavy atom. The van der Waals surface area contributed by atoms with Crippen LogP contribution in [0, 0.1) is 0 Å². The van der Waals surface area contributed by atoms with Crippen molar-refractivity contribution in [1.29, 1.82) is 0 Å². The number of nitrogens with two attached hydrogens (primary N) is 1. The highest BCUT2D eigenvalue weighted by Crippen LogP contribution is 2.23. The lowest BCUT2D eigenvalue weighted by Crippen LogP contribution is -2.33. The molecule has 1 unspecified atom stereocenters. The molecule has 19 heavy (non-hydrogen) atoms. The van der Waals surface area contributed by atoms with E-state index in [0.29, 0.717) is 6.42 Å². The van der Waals surface area contributed by atoms with E-state index >= 15 is 0 Å². The summed E-state index contributed by atoms with van der Waals surface area (Å²) < 4.78 is 9.76. The van der Waals surface area contributed by atoms with Crippen LogP contribution in [0.4, 0.5) is 0 Å². The molecule has 0 radical (unpaired) electrons. The van der Waals surface area contributed by atoms with Gasteiger partial charge in [0.25, 0.3) is 0 Å². The number of rotatable bonds is 4. The fraction of sp³-hybridized carbons (Fsp3) is 0.308. The van der Waals surface area contributed by atoms with E-state index in [9.17, 15) is 4.79 Å². The fourth-order valence-electron chi connectivity index (χ4n) is 1.93. The molecule has 0 saturated heterocycles. The molecule has 0 aliphatic heterocycles. The van der Waals surface area contributed by atoms with Crippen molar-refractivity contribution in [2.45, 2.75) is 12.5 Å². The van der Waals surface area contributed by atoms with Crippen LogP contribution in [0.5, 0.6) is 5.75 Å². The Morgan fingerprint density at radius 3 is 2.79 bits per heavy atom. The second-order valence-corrected chi connectivity index (χ2v) is 4.06. The number of H-pyrrole nitrogens is 1. The number of esters is 1. The summed E-state index contributed by atoms with van der Waals surface area (Å²) in [6.07, 6.45) is 2.30. The molecule has 0 aliphatic rings. The predicted octanol–water partition coefficient (Wildman–Crippen LogP) is 1.64. The zero-order valence-electron chi connectivity index (χ0n) is 10.8. The molecule has 5 nitrogen and oxygen atoms in total. The van der Waals surface area contributed by atoms with Crippen molar-refractivity contribution in [2.75, 3.05) is 14.2 Å². The quantitative estimate of drug-likeness (QED) is 0.837. The zero-order chi connectivity index (χ0) is 13.1. The molecule has 2 aromatic rings. The topological polar surface area (TPSA) is 77.3 Å². The van der Waals surface area contributed by atoms with Gasteiger partial charge in [0.2, 0.25) is 0 Å². The molecule has 0 spiro atoms.